The quantitative estimate of drug-likeness (QED) is 0.588. The van der Waals surface area contributed by atoms with E-state index in [9.17, 15) is 18.0 Å². The Morgan fingerprint density at radius 2 is 1.68 bits per heavy atom. The highest BCUT2D eigenvalue weighted by atomic mass is 32.2. The van der Waals surface area contributed by atoms with Crippen molar-refractivity contribution in [1.82, 2.24) is 9.62 Å². The number of piperidine rings is 1. The van der Waals surface area contributed by atoms with Crippen LogP contribution in [0, 0.1) is 22.7 Å². The Labute approximate surface area is 202 Å². The van der Waals surface area contributed by atoms with Gasteiger partial charge in [0.2, 0.25) is 15.9 Å². The Bertz CT molecular complexity index is 1080. The van der Waals surface area contributed by atoms with Gasteiger partial charge in [0.25, 0.3) is 0 Å². The van der Waals surface area contributed by atoms with E-state index >= 15 is 0 Å². The van der Waals surface area contributed by atoms with Gasteiger partial charge in [-0.2, -0.15) is 4.31 Å². The molecule has 6 rings (SSSR count). The molecular weight excluding hydrogens is 452 g/mol. The highest BCUT2D eigenvalue weighted by molar-refractivity contribution is 7.89. The molecule has 1 aromatic rings. The van der Waals surface area contributed by atoms with Crippen molar-refractivity contribution in [2.45, 2.75) is 75.6 Å². The molecule has 1 aliphatic heterocycles. The van der Waals surface area contributed by atoms with Crippen LogP contribution in [0.3, 0.4) is 0 Å². The van der Waals surface area contributed by atoms with Gasteiger partial charge in [-0.15, -0.1) is 0 Å². The first kappa shape index (κ1) is 23.6. The van der Waals surface area contributed by atoms with Crippen LogP contribution in [0.1, 0.15) is 65.2 Å². The fraction of sp³-hybridized carbons (Fsp3) is 0.680. The maximum Gasteiger partial charge on any atom is 0.319 e. The third-order valence-corrected chi connectivity index (χ3v) is 10.4. The van der Waals surface area contributed by atoms with Crippen molar-refractivity contribution in [3.63, 3.8) is 0 Å². The molecular formula is C25H36N4O4S. The maximum absolute atomic E-state index is 13.0. The number of primary amides is 1. The molecule has 5 fully saturated rings. The monoisotopic (exact) mass is 488 g/mol. The van der Waals surface area contributed by atoms with Crippen LogP contribution in [0.2, 0.25) is 0 Å². The molecule has 4 saturated carbocycles. The first-order valence-corrected chi connectivity index (χ1v) is 13.8. The molecule has 5 atom stereocenters. The number of rotatable bonds is 5. The fourth-order valence-corrected chi connectivity index (χ4v) is 9.77. The van der Waals surface area contributed by atoms with E-state index in [4.69, 9.17) is 5.73 Å². The van der Waals surface area contributed by atoms with Gasteiger partial charge in [0, 0.05) is 24.3 Å². The van der Waals surface area contributed by atoms with E-state index in [1.165, 1.54) is 35.7 Å². The molecule has 1 saturated heterocycles. The summed E-state index contributed by atoms with van der Waals surface area (Å²) in [5.41, 5.74) is 6.40. The summed E-state index contributed by atoms with van der Waals surface area (Å²) >= 11 is 0. The molecule has 34 heavy (non-hydrogen) atoms. The molecule has 9 heteroatoms. The first-order chi connectivity index (χ1) is 15.9. The van der Waals surface area contributed by atoms with Gasteiger partial charge in [-0.1, -0.05) is 13.8 Å². The number of nitrogens with one attached hydrogen (secondary N) is 2. The SMILES string of the molecule is C[C@]12CC3CC(NC(=O)Nc4ccc(S(=O)(=O)N5CCCC(C(N)=O)C5)cc4)(C1)C[C@@](C)(C3)C2. The molecule has 186 valence electrons. The maximum atomic E-state index is 13.0. The smallest absolute Gasteiger partial charge is 0.319 e. The summed E-state index contributed by atoms with van der Waals surface area (Å²) in [6.45, 7) is 5.23. The summed E-state index contributed by atoms with van der Waals surface area (Å²) in [7, 11) is -3.73. The molecule has 4 aliphatic carbocycles. The lowest BCUT2D eigenvalue weighted by Crippen LogP contribution is -2.65. The van der Waals surface area contributed by atoms with Crippen LogP contribution in [0.4, 0.5) is 10.5 Å². The van der Waals surface area contributed by atoms with Crippen molar-refractivity contribution >= 4 is 27.6 Å². The molecule has 3 unspecified atom stereocenters. The van der Waals surface area contributed by atoms with E-state index in [0.29, 0.717) is 41.8 Å². The Hall–Kier alpha value is -2.13. The predicted octanol–water partition coefficient (Wildman–Crippen LogP) is 3.44. The van der Waals surface area contributed by atoms with Gasteiger partial charge in [0.05, 0.1) is 10.8 Å². The van der Waals surface area contributed by atoms with Crippen LogP contribution >= 0.6 is 0 Å². The number of urea groups is 1. The molecule has 1 aromatic carbocycles. The predicted molar refractivity (Wildman–Crippen MR) is 129 cm³/mol. The van der Waals surface area contributed by atoms with Gasteiger partial charge in [0.1, 0.15) is 0 Å². The summed E-state index contributed by atoms with van der Waals surface area (Å²) in [6, 6.07) is 6.01. The van der Waals surface area contributed by atoms with Crippen LogP contribution < -0.4 is 16.4 Å². The molecule has 8 nitrogen and oxygen atoms in total. The van der Waals surface area contributed by atoms with Crippen molar-refractivity contribution in [3.05, 3.63) is 24.3 Å². The van der Waals surface area contributed by atoms with Gasteiger partial charge < -0.3 is 16.4 Å². The summed E-state index contributed by atoms with van der Waals surface area (Å²) in [4.78, 5) is 24.6. The molecule has 1 heterocycles. The van der Waals surface area contributed by atoms with Crippen molar-refractivity contribution in [2.75, 3.05) is 18.4 Å². The Kier molecular flexibility index (Phi) is 5.52. The second kappa shape index (κ2) is 7.95. The molecule has 4 N–H and O–H groups in total. The topological polar surface area (TPSA) is 122 Å². The van der Waals surface area contributed by atoms with Crippen molar-refractivity contribution < 1.29 is 18.0 Å². The highest BCUT2D eigenvalue weighted by Crippen LogP contribution is 2.66. The molecule has 3 amide bonds. The van der Waals surface area contributed by atoms with E-state index in [1.807, 2.05) is 0 Å². The Balaban J connectivity index is 1.24. The van der Waals surface area contributed by atoms with Gasteiger partial charge >= 0.3 is 6.03 Å². The number of sulfonamides is 1. The molecule has 0 radical (unpaired) electrons. The van der Waals surface area contributed by atoms with Crippen LogP contribution in [0.15, 0.2) is 29.2 Å². The molecule has 0 spiro atoms. The van der Waals surface area contributed by atoms with E-state index in [2.05, 4.69) is 24.5 Å². The number of nitrogens with zero attached hydrogens (tertiary/aromatic N) is 1. The van der Waals surface area contributed by atoms with Crippen LogP contribution in [-0.4, -0.2) is 43.3 Å². The highest BCUT2D eigenvalue weighted by Gasteiger charge is 2.60. The van der Waals surface area contributed by atoms with Crippen molar-refractivity contribution in [2.24, 2.45) is 28.4 Å². The normalized spacial score (nSPS) is 37.4. The second-order valence-corrected chi connectivity index (χ2v) is 14.1. The number of benzene rings is 1. The van der Waals surface area contributed by atoms with Crippen LogP contribution in [-0.2, 0) is 14.8 Å². The first-order valence-electron chi connectivity index (χ1n) is 12.4. The van der Waals surface area contributed by atoms with E-state index < -0.39 is 21.8 Å². The van der Waals surface area contributed by atoms with Gasteiger partial charge in [-0.05, 0) is 92.4 Å². The Morgan fingerprint density at radius 1 is 1.03 bits per heavy atom. The lowest BCUT2D eigenvalue weighted by molar-refractivity contribution is -0.122. The number of carbonyl (C=O) groups is 2. The number of carbonyl (C=O) groups excluding carboxylic acids is 2. The average Bonchev–Trinajstić information content (AvgIpc) is 2.71. The van der Waals surface area contributed by atoms with E-state index in [-0.39, 0.29) is 23.0 Å². The zero-order valence-corrected chi connectivity index (χ0v) is 20.9. The van der Waals surface area contributed by atoms with Crippen molar-refractivity contribution in [3.8, 4) is 0 Å². The second-order valence-electron chi connectivity index (χ2n) is 12.1. The summed E-state index contributed by atoms with van der Waals surface area (Å²) in [5.74, 6) is -0.241. The minimum atomic E-state index is -3.73. The fourth-order valence-electron chi connectivity index (χ4n) is 8.24. The number of nitrogens with two attached hydrogens (primary N) is 1. The lowest BCUT2D eigenvalue weighted by atomic mass is 9.43. The zero-order chi connectivity index (χ0) is 24.4. The summed E-state index contributed by atoms with van der Waals surface area (Å²) in [6.07, 6.45) is 8.09. The minimum Gasteiger partial charge on any atom is -0.369 e. The third-order valence-electron chi connectivity index (χ3n) is 8.54. The van der Waals surface area contributed by atoms with E-state index in [1.54, 1.807) is 12.1 Å². The van der Waals surface area contributed by atoms with Crippen LogP contribution in [0.25, 0.3) is 0 Å². The minimum absolute atomic E-state index is 0.112. The van der Waals surface area contributed by atoms with Crippen LogP contribution in [0.5, 0.6) is 0 Å². The summed E-state index contributed by atoms with van der Waals surface area (Å²) in [5, 5.41) is 6.22. The van der Waals surface area contributed by atoms with Gasteiger partial charge in [0.15, 0.2) is 0 Å². The third kappa shape index (κ3) is 4.33. The largest absolute Gasteiger partial charge is 0.369 e. The molecule has 4 bridgehead atoms. The Morgan fingerprint density at radius 3 is 2.26 bits per heavy atom. The summed E-state index contributed by atoms with van der Waals surface area (Å²) < 4.78 is 27.4. The average molecular weight is 489 g/mol. The van der Waals surface area contributed by atoms with Gasteiger partial charge in [-0.3, -0.25) is 4.79 Å². The van der Waals surface area contributed by atoms with Gasteiger partial charge in [-0.25, -0.2) is 13.2 Å². The number of amides is 3. The van der Waals surface area contributed by atoms with Crippen molar-refractivity contribution in [1.29, 1.82) is 0 Å². The number of hydrogen-bond donors (Lipinski definition) is 3. The molecule has 0 aromatic heterocycles. The standard InChI is InChI=1S/C25H36N4O4S/c1-23-10-17-11-24(2,14-23)16-25(12-17,15-23)28-22(31)27-19-5-7-20(8-6-19)34(32,33)29-9-3-4-18(13-29)21(26)30/h5-8,17-18H,3-4,9-16H2,1-2H3,(H2,26,30)(H2,27,28,31)/t17?,18?,23-,24+,25?. The zero-order valence-electron chi connectivity index (χ0n) is 20.1. The molecule has 5 aliphatic rings. The number of hydrogen-bond acceptors (Lipinski definition) is 4. The number of anilines is 1. The lowest BCUT2D eigenvalue weighted by Gasteiger charge is -2.65. The van der Waals surface area contributed by atoms with E-state index in [0.717, 1.165) is 19.3 Å².